The molecule has 4 nitrogen and oxygen atoms in total. The summed E-state index contributed by atoms with van der Waals surface area (Å²) >= 11 is 9.58. The molecule has 1 aliphatic heterocycles. The number of nitrogens with zero attached hydrogens (tertiary/aromatic N) is 2. The van der Waals surface area contributed by atoms with Gasteiger partial charge in [0.15, 0.2) is 0 Å². The molecule has 1 saturated heterocycles. The maximum atomic E-state index is 13.1. The molecule has 0 aliphatic carbocycles. The second kappa shape index (κ2) is 11.5. The van der Waals surface area contributed by atoms with Crippen molar-refractivity contribution < 1.29 is 9.53 Å². The van der Waals surface area contributed by atoms with Gasteiger partial charge in [0.2, 0.25) is 5.91 Å². The highest BCUT2D eigenvalue weighted by molar-refractivity contribution is 9.10. The minimum Gasteiger partial charge on any atom is -0.489 e. The minimum absolute atomic E-state index is 0.124. The van der Waals surface area contributed by atoms with E-state index in [0.717, 1.165) is 58.8 Å². The molecule has 0 spiro atoms. The number of ether oxygens (including phenoxy) is 1. The first kappa shape index (κ1) is 25.1. The fraction of sp³-hybridized carbons (Fsp3) is 0.500. The van der Waals surface area contributed by atoms with Crippen LogP contribution in [-0.4, -0.2) is 40.9 Å². The molecule has 174 valence electrons. The Hall–Kier alpha value is -1.56. The number of piperidine rings is 1. The fourth-order valence-electron chi connectivity index (χ4n) is 4.45. The van der Waals surface area contributed by atoms with E-state index >= 15 is 0 Å². The standard InChI is InChI=1S/C26H34BrClN2O2/c1-18(2)30(19(3)4)26(31)21-11-13-29(14-12-21)16-22-15-23(27)7-10-25(22)32-17-20-5-8-24(28)9-6-20/h5-10,15,18-19,21H,11-14,16-17H2,1-4H3. The zero-order valence-electron chi connectivity index (χ0n) is 19.5. The number of carbonyl (C=O) groups excluding carboxylic acids is 1. The van der Waals surface area contributed by atoms with Crippen molar-refractivity contribution in [3.05, 3.63) is 63.1 Å². The van der Waals surface area contributed by atoms with Crippen molar-refractivity contribution >= 4 is 33.4 Å². The number of halogens is 2. The number of likely N-dealkylation sites (tertiary alicyclic amines) is 1. The van der Waals surface area contributed by atoms with Gasteiger partial charge in [0.25, 0.3) is 0 Å². The van der Waals surface area contributed by atoms with Gasteiger partial charge in [0.05, 0.1) is 0 Å². The number of rotatable bonds is 8. The molecule has 1 heterocycles. The predicted molar refractivity (Wildman–Crippen MR) is 135 cm³/mol. The summed E-state index contributed by atoms with van der Waals surface area (Å²) < 4.78 is 7.19. The average Bonchev–Trinajstić information content (AvgIpc) is 2.74. The van der Waals surface area contributed by atoms with Gasteiger partial charge in [-0.15, -0.1) is 0 Å². The molecular weight excluding hydrogens is 488 g/mol. The van der Waals surface area contributed by atoms with Crippen LogP contribution in [0.4, 0.5) is 0 Å². The lowest BCUT2D eigenvalue weighted by atomic mass is 9.94. The first-order chi connectivity index (χ1) is 15.2. The van der Waals surface area contributed by atoms with E-state index in [1.165, 1.54) is 0 Å². The molecule has 0 N–H and O–H groups in total. The smallest absolute Gasteiger partial charge is 0.226 e. The van der Waals surface area contributed by atoms with E-state index in [1.54, 1.807) is 0 Å². The molecule has 0 saturated carbocycles. The second-order valence-corrected chi connectivity index (χ2v) is 10.5. The van der Waals surface area contributed by atoms with Crippen LogP contribution in [0.5, 0.6) is 5.75 Å². The van der Waals surface area contributed by atoms with Gasteiger partial charge in [-0.05, 0) is 89.5 Å². The van der Waals surface area contributed by atoms with Crippen molar-refractivity contribution in [2.75, 3.05) is 13.1 Å². The highest BCUT2D eigenvalue weighted by Gasteiger charge is 2.31. The molecule has 0 atom stereocenters. The quantitative estimate of drug-likeness (QED) is 0.395. The molecule has 0 radical (unpaired) electrons. The molecule has 1 aliphatic rings. The maximum Gasteiger partial charge on any atom is 0.226 e. The summed E-state index contributed by atoms with van der Waals surface area (Å²) in [5, 5.41) is 0.727. The summed E-state index contributed by atoms with van der Waals surface area (Å²) in [4.78, 5) is 17.5. The van der Waals surface area contributed by atoms with Crippen LogP contribution in [0.2, 0.25) is 5.02 Å². The van der Waals surface area contributed by atoms with E-state index in [4.69, 9.17) is 16.3 Å². The summed E-state index contributed by atoms with van der Waals surface area (Å²) in [6.45, 7) is 11.6. The van der Waals surface area contributed by atoms with Gasteiger partial charge in [0.1, 0.15) is 12.4 Å². The van der Waals surface area contributed by atoms with Crippen LogP contribution in [0, 0.1) is 5.92 Å². The van der Waals surface area contributed by atoms with Crippen molar-refractivity contribution in [3.63, 3.8) is 0 Å². The van der Waals surface area contributed by atoms with Gasteiger partial charge >= 0.3 is 0 Å². The summed E-state index contributed by atoms with van der Waals surface area (Å²) in [5.74, 6) is 1.33. The molecule has 1 amide bonds. The van der Waals surface area contributed by atoms with Crippen LogP contribution in [-0.2, 0) is 17.9 Å². The Labute approximate surface area is 206 Å². The molecular formula is C26H34BrClN2O2. The van der Waals surface area contributed by atoms with Crippen LogP contribution in [0.3, 0.4) is 0 Å². The average molecular weight is 522 g/mol. The first-order valence-corrected chi connectivity index (χ1v) is 12.6. The molecule has 6 heteroatoms. The van der Waals surface area contributed by atoms with Crippen LogP contribution >= 0.6 is 27.5 Å². The van der Waals surface area contributed by atoms with Crippen LogP contribution < -0.4 is 4.74 Å². The summed E-state index contributed by atoms with van der Waals surface area (Å²) in [6, 6.07) is 14.4. The predicted octanol–water partition coefficient (Wildman–Crippen LogP) is 6.54. The van der Waals surface area contributed by atoms with Crippen molar-refractivity contribution in [2.24, 2.45) is 5.92 Å². The first-order valence-electron chi connectivity index (χ1n) is 11.4. The van der Waals surface area contributed by atoms with E-state index in [9.17, 15) is 4.79 Å². The highest BCUT2D eigenvalue weighted by Crippen LogP contribution is 2.28. The highest BCUT2D eigenvalue weighted by atomic mass is 79.9. The topological polar surface area (TPSA) is 32.8 Å². The van der Waals surface area contributed by atoms with Crippen molar-refractivity contribution in [1.29, 1.82) is 0 Å². The van der Waals surface area contributed by atoms with Crippen molar-refractivity contribution in [3.8, 4) is 5.75 Å². The van der Waals surface area contributed by atoms with Gasteiger partial charge in [-0.25, -0.2) is 0 Å². The molecule has 0 unspecified atom stereocenters. The zero-order valence-corrected chi connectivity index (χ0v) is 21.8. The monoisotopic (exact) mass is 520 g/mol. The van der Waals surface area contributed by atoms with Gasteiger partial charge in [-0.3, -0.25) is 9.69 Å². The Morgan fingerprint density at radius 1 is 1.09 bits per heavy atom. The molecule has 0 aromatic heterocycles. The largest absolute Gasteiger partial charge is 0.489 e. The van der Waals surface area contributed by atoms with Crippen LogP contribution in [0.25, 0.3) is 0 Å². The van der Waals surface area contributed by atoms with Gasteiger partial charge < -0.3 is 9.64 Å². The zero-order chi connectivity index (χ0) is 23.3. The van der Waals surface area contributed by atoms with Gasteiger partial charge in [-0.1, -0.05) is 39.7 Å². The number of benzene rings is 2. The van der Waals surface area contributed by atoms with Crippen LogP contribution in [0.15, 0.2) is 46.9 Å². The van der Waals surface area contributed by atoms with E-state index in [0.29, 0.717) is 12.5 Å². The number of carbonyl (C=O) groups is 1. The Balaban J connectivity index is 1.60. The normalized spacial score (nSPS) is 15.4. The van der Waals surface area contributed by atoms with E-state index in [-0.39, 0.29) is 18.0 Å². The minimum atomic E-state index is 0.124. The molecule has 3 rings (SSSR count). The number of hydrogen-bond donors (Lipinski definition) is 0. The Morgan fingerprint density at radius 3 is 2.31 bits per heavy atom. The third-order valence-electron chi connectivity index (χ3n) is 6.03. The van der Waals surface area contributed by atoms with Crippen molar-refractivity contribution in [1.82, 2.24) is 9.80 Å². The maximum absolute atomic E-state index is 13.1. The molecule has 2 aromatic carbocycles. The third kappa shape index (κ3) is 6.72. The lowest BCUT2D eigenvalue weighted by Gasteiger charge is -2.37. The van der Waals surface area contributed by atoms with E-state index < -0.39 is 0 Å². The molecule has 32 heavy (non-hydrogen) atoms. The Morgan fingerprint density at radius 2 is 1.72 bits per heavy atom. The van der Waals surface area contributed by atoms with Gasteiger partial charge in [-0.2, -0.15) is 0 Å². The lowest BCUT2D eigenvalue weighted by Crippen LogP contribution is -2.48. The second-order valence-electron chi connectivity index (χ2n) is 9.15. The van der Waals surface area contributed by atoms with Crippen LogP contribution in [0.1, 0.15) is 51.7 Å². The number of hydrogen-bond acceptors (Lipinski definition) is 3. The third-order valence-corrected chi connectivity index (χ3v) is 6.77. The summed E-state index contributed by atoms with van der Waals surface area (Å²) in [7, 11) is 0. The van der Waals surface area contributed by atoms with E-state index in [2.05, 4.69) is 54.6 Å². The lowest BCUT2D eigenvalue weighted by molar-refractivity contribution is -0.140. The molecule has 1 fully saturated rings. The SMILES string of the molecule is CC(C)N(C(=O)C1CCN(Cc2cc(Br)ccc2OCc2ccc(Cl)cc2)CC1)C(C)C. The fourth-order valence-corrected chi connectivity index (χ4v) is 4.98. The molecule has 0 bridgehead atoms. The summed E-state index contributed by atoms with van der Waals surface area (Å²) in [6.07, 6.45) is 1.81. The summed E-state index contributed by atoms with van der Waals surface area (Å²) in [5.41, 5.74) is 2.24. The Kier molecular flexibility index (Phi) is 9.04. The molecule has 2 aromatic rings. The van der Waals surface area contributed by atoms with Crippen molar-refractivity contribution in [2.45, 2.75) is 65.8 Å². The van der Waals surface area contributed by atoms with Gasteiger partial charge in [0, 0.05) is 39.6 Å². The number of amides is 1. The van der Waals surface area contributed by atoms with E-state index in [1.807, 2.05) is 41.3 Å². The Bertz CT molecular complexity index is 885.